The van der Waals surface area contributed by atoms with Crippen LogP contribution < -0.4 is 4.90 Å². The fraction of sp³-hybridized carbons (Fsp3) is 0.700. The third-order valence-corrected chi connectivity index (χ3v) is 8.16. The molecule has 0 radical (unpaired) electrons. The molecule has 0 bridgehead atoms. The molecule has 6 atom stereocenters. The highest BCUT2D eigenvalue weighted by Crippen LogP contribution is 2.67. The summed E-state index contributed by atoms with van der Waals surface area (Å²) < 4.78 is 6.20. The van der Waals surface area contributed by atoms with Gasteiger partial charge in [0.05, 0.1) is 12.2 Å². The fourth-order valence-corrected chi connectivity index (χ4v) is 7.37. The molecule has 3 heteroatoms. The van der Waals surface area contributed by atoms with E-state index in [1.165, 1.54) is 44.5 Å². The first-order valence-electron chi connectivity index (χ1n) is 9.44. The van der Waals surface area contributed by atoms with E-state index in [-0.39, 0.29) is 0 Å². The molecule has 0 amide bonds. The van der Waals surface area contributed by atoms with E-state index in [1.54, 1.807) is 5.56 Å². The topological polar surface area (TPSA) is 19.0 Å². The summed E-state index contributed by atoms with van der Waals surface area (Å²) in [5.74, 6) is 0. The van der Waals surface area contributed by atoms with Gasteiger partial charge in [-0.15, -0.1) is 0 Å². The van der Waals surface area contributed by atoms with E-state index in [2.05, 4.69) is 48.0 Å². The second kappa shape index (κ2) is 3.94. The molecule has 4 heterocycles. The number of anilines is 1. The van der Waals surface area contributed by atoms with Gasteiger partial charge in [-0.05, 0) is 43.9 Å². The molecule has 3 saturated heterocycles. The van der Waals surface area contributed by atoms with E-state index in [0.717, 1.165) is 0 Å². The summed E-state index contributed by atoms with van der Waals surface area (Å²) in [5.41, 5.74) is 3.87. The van der Waals surface area contributed by atoms with Crippen LogP contribution in [-0.4, -0.2) is 49.3 Å². The Morgan fingerprint density at radius 2 is 2.13 bits per heavy atom. The Bertz CT molecular complexity index is 690. The predicted octanol–water partition coefficient (Wildman–Crippen LogP) is 2.79. The van der Waals surface area contributed by atoms with Crippen molar-refractivity contribution in [2.75, 3.05) is 25.0 Å². The zero-order valence-corrected chi connectivity index (χ0v) is 14.2. The molecule has 4 aliphatic heterocycles. The minimum Gasteiger partial charge on any atom is -0.370 e. The van der Waals surface area contributed by atoms with Crippen molar-refractivity contribution in [3.63, 3.8) is 0 Å². The molecule has 1 aromatic rings. The summed E-state index contributed by atoms with van der Waals surface area (Å²) >= 11 is 0. The van der Waals surface area contributed by atoms with Crippen LogP contribution in [0.25, 0.3) is 0 Å². The fourth-order valence-electron chi connectivity index (χ4n) is 7.37. The minimum atomic E-state index is 0.344. The van der Waals surface area contributed by atoms with Crippen molar-refractivity contribution >= 4 is 5.69 Å². The molecule has 1 spiro atoms. The van der Waals surface area contributed by atoms with Crippen LogP contribution in [0.4, 0.5) is 5.69 Å². The lowest BCUT2D eigenvalue weighted by molar-refractivity contribution is -0.0240. The Labute approximate surface area is 138 Å². The molecule has 4 fully saturated rings. The Morgan fingerprint density at radius 3 is 3.00 bits per heavy atom. The van der Waals surface area contributed by atoms with Crippen molar-refractivity contribution in [1.29, 1.82) is 0 Å². The van der Waals surface area contributed by atoms with Crippen LogP contribution >= 0.6 is 0 Å². The summed E-state index contributed by atoms with van der Waals surface area (Å²) in [4.78, 5) is 5.43. The van der Waals surface area contributed by atoms with Crippen molar-refractivity contribution < 1.29 is 4.74 Å². The Morgan fingerprint density at radius 1 is 1.26 bits per heavy atom. The monoisotopic (exact) mass is 310 g/mol. The molecule has 1 aliphatic carbocycles. The molecule has 5 aliphatic rings. The summed E-state index contributed by atoms with van der Waals surface area (Å²) in [6.45, 7) is 4.86. The number of likely N-dealkylation sites (N-methyl/N-ethyl adjacent to an activating group) is 1. The molecular formula is C20H26N2O. The Kier molecular flexibility index (Phi) is 2.27. The largest absolute Gasteiger partial charge is 0.370 e. The zero-order valence-electron chi connectivity index (χ0n) is 14.2. The third kappa shape index (κ3) is 1.27. The van der Waals surface area contributed by atoms with Gasteiger partial charge in [0.15, 0.2) is 0 Å². The number of para-hydroxylation sites is 1. The standard InChI is InChI=1S/C20H26N2O/c1-3-19-9-8-16-20(13-6-4-5-7-14(13)21(16)2)10-11-22(18(19)20)12-15-17(19)23-15/h4-7,15-18H,3,8-12H2,1-2H3/t15-,16-,17-,18+,19+,20+/m1/s1. The molecule has 0 aromatic heterocycles. The van der Waals surface area contributed by atoms with E-state index in [0.29, 0.717) is 35.1 Å². The third-order valence-electron chi connectivity index (χ3n) is 8.16. The van der Waals surface area contributed by atoms with Crippen molar-refractivity contribution in [2.24, 2.45) is 5.41 Å². The van der Waals surface area contributed by atoms with E-state index < -0.39 is 0 Å². The second-order valence-electron chi connectivity index (χ2n) is 8.55. The number of epoxide rings is 1. The van der Waals surface area contributed by atoms with Gasteiger partial charge in [-0.25, -0.2) is 0 Å². The zero-order chi connectivity index (χ0) is 15.4. The van der Waals surface area contributed by atoms with Crippen molar-refractivity contribution in [3.8, 4) is 0 Å². The molecule has 1 saturated carbocycles. The SMILES string of the molecule is CC[C@]12CC[C@H]3N(C)c4ccccc4[C@@]34CCN(C[C@H]3O[C@H]31)[C@@H]24. The van der Waals surface area contributed by atoms with Gasteiger partial charge in [0, 0.05) is 42.2 Å². The molecule has 122 valence electrons. The molecule has 1 aromatic carbocycles. The van der Waals surface area contributed by atoms with Crippen LogP contribution in [-0.2, 0) is 10.2 Å². The quantitative estimate of drug-likeness (QED) is 0.744. The van der Waals surface area contributed by atoms with E-state index in [9.17, 15) is 0 Å². The second-order valence-corrected chi connectivity index (χ2v) is 8.55. The van der Waals surface area contributed by atoms with Gasteiger partial charge in [0.25, 0.3) is 0 Å². The summed E-state index contributed by atoms with van der Waals surface area (Å²) in [6, 6.07) is 10.6. The van der Waals surface area contributed by atoms with Gasteiger partial charge in [-0.1, -0.05) is 25.1 Å². The molecule has 0 N–H and O–H groups in total. The number of hydrogen-bond donors (Lipinski definition) is 0. The molecular weight excluding hydrogens is 284 g/mol. The predicted molar refractivity (Wildman–Crippen MR) is 90.9 cm³/mol. The summed E-state index contributed by atoms with van der Waals surface area (Å²) in [5, 5.41) is 0. The van der Waals surface area contributed by atoms with Gasteiger partial charge >= 0.3 is 0 Å². The van der Waals surface area contributed by atoms with Crippen LogP contribution in [0.1, 0.15) is 38.2 Å². The van der Waals surface area contributed by atoms with Gasteiger partial charge in [0.1, 0.15) is 0 Å². The number of hydrogen-bond acceptors (Lipinski definition) is 3. The first-order chi connectivity index (χ1) is 11.2. The van der Waals surface area contributed by atoms with Crippen LogP contribution in [0, 0.1) is 5.41 Å². The number of piperidine rings is 1. The smallest absolute Gasteiger partial charge is 0.0974 e. The number of ether oxygens (including phenoxy) is 1. The molecule has 6 rings (SSSR count). The van der Waals surface area contributed by atoms with Crippen molar-refractivity contribution in [1.82, 2.24) is 4.90 Å². The highest BCUT2D eigenvalue weighted by Gasteiger charge is 2.74. The van der Waals surface area contributed by atoms with Crippen molar-refractivity contribution in [2.45, 2.75) is 62.3 Å². The van der Waals surface area contributed by atoms with Gasteiger partial charge < -0.3 is 9.64 Å². The summed E-state index contributed by atoms with van der Waals surface area (Å²) in [6.07, 6.45) is 6.36. The number of benzene rings is 1. The summed E-state index contributed by atoms with van der Waals surface area (Å²) in [7, 11) is 2.33. The average Bonchev–Trinajstić information content (AvgIpc) is 3.22. The lowest BCUT2D eigenvalue weighted by atomic mass is 9.52. The lowest BCUT2D eigenvalue weighted by Crippen LogP contribution is -2.66. The maximum absolute atomic E-state index is 6.20. The van der Waals surface area contributed by atoms with Crippen LogP contribution in [0.3, 0.4) is 0 Å². The van der Waals surface area contributed by atoms with E-state index in [4.69, 9.17) is 4.74 Å². The van der Waals surface area contributed by atoms with Gasteiger partial charge in [0.2, 0.25) is 0 Å². The lowest BCUT2D eigenvalue weighted by Gasteiger charge is -2.57. The average molecular weight is 310 g/mol. The molecule has 3 nitrogen and oxygen atoms in total. The number of fused-ring (bicyclic) bond motifs is 3. The van der Waals surface area contributed by atoms with Gasteiger partial charge in [-0.2, -0.15) is 0 Å². The number of rotatable bonds is 1. The van der Waals surface area contributed by atoms with E-state index in [1.807, 2.05) is 0 Å². The maximum Gasteiger partial charge on any atom is 0.0974 e. The Hall–Kier alpha value is -1.06. The van der Waals surface area contributed by atoms with Crippen LogP contribution in [0.15, 0.2) is 24.3 Å². The maximum atomic E-state index is 6.20. The first kappa shape index (κ1) is 13.3. The normalized spacial score (nSPS) is 49.4. The van der Waals surface area contributed by atoms with Crippen molar-refractivity contribution in [3.05, 3.63) is 29.8 Å². The first-order valence-corrected chi connectivity index (χ1v) is 9.44. The van der Waals surface area contributed by atoms with Gasteiger partial charge in [-0.3, -0.25) is 4.90 Å². The highest BCUT2D eigenvalue weighted by atomic mass is 16.6. The van der Waals surface area contributed by atoms with E-state index >= 15 is 0 Å². The highest BCUT2D eigenvalue weighted by molar-refractivity contribution is 5.66. The van der Waals surface area contributed by atoms with Crippen LogP contribution in [0.2, 0.25) is 0 Å². The minimum absolute atomic E-state index is 0.344. The Balaban J connectivity index is 1.60. The molecule has 23 heavy (non-hydrogen) atoms. The number of nitrogens with zero attached hydrogens (tertiary/aromatic N) is 2. The molecule has 0 unspecified atom stereocenters. The van der Waals surface area contributed by atoms with Crippen LogP contribution in [0.5, 0.6) is 0 Å².